The summed E-state index contributed by atoms with van der Waals surface area (Å²) in [7, 11) is 1.55. The third-order valence-corrected chi connectivity index (χ3v) is 3.29. The van der Waals surface area contributed by atoms with E-state index in [1.807, 2.05) is 5.38 Å². The van der Waals surface area contributed by atoms with Crippen LogP contribution in [0.25, 0.3) is 11.5 Å². The second-order valence-electron chi connectivity index (χ2n) is 2.98. The maximum Gasteiger partial charge on any atom is 0.265 e. The van der Waals surface area contributed by atoms with E-state index in [2.05, 4.69) is 30.9 Å². The average molecular weight is 302 g/mol. The van der Waals surface area contributed by atoms with Gasteiger partial charge in [-0.25, -0.2) is 9.97 Å². The summed E-state index contributed by atoms with van der Waals surface area (Å²) < 4.78 is 5.37. The minimum Gasteiger partial charge on any atom is -0.378 e. The molecule has 0 atom stereocenters. The van der Waals surface area contributed by atoms with Gasteiger partial charge < -0.3 is 9.72 Å². The molecule has 0 aromatic carbocycles. The molecule has 2 aromatic heterocycles. The van der Waals surface area contributed by atoms with Gasteiger partial charge in [-0.15, -0.1) is 11.3 Å². The second kappa shape index (κ2) is 4.86. The summed E-state index contributed by atoms with van der Waals surface area (Å²) in [6.07, 6.45) is 0. The summed E-state index contributed by atoms with van der Waals surface area (Å²) in [6, 6.07) is 0. The van der Waals surface area contributed by atoms with Crippen molar-refractivity contribution in [2.24, 2.45) is 0 Å². The first-order valence-corrected chi connectivity index (χ1v) is 6.12. The van der Waals surface area contributed by atoms with E-state index < -0.39 is 0 Å². The van der Waals surface area contributed by atoms with Gasteiger partial charge in [0.2, 0.25) is 0 Å². The molecule has 84 valence electrons. The highest BCUT2D eigenvalue weighted by Gasteiger charge is 2.10. The van der Waals surface area contributed by atoms with Gasteiger partial charge in [-0.2, -0.15) is 0 Å². The molecule has 5 nitrogen and oxygen atoms in total. The molecule has 0 unspecified atom stereocenters. The molecule has 7 heteroatoms. The molecule has 0 aliphatic rings. The van der Waals surface area contributed by atoms with Crippen molar-refractivity contribution in [3.8, 4) is 11.5 Å². The predicted molar refractivity (Wildman–Crippen MR) is 64.4 cm³/mol. The fourth-order valence-corrected chi connectivity index (χ4v) is 2.03. The molecule has 16 heavy (non-hydrogen) atoms. The van der Waals surface area contributed by atoms with E-state index >= 15 is 0 Å². The molecule has 0 radical (unpaired) electrons. The number of ether oxygens (including phenoxy) is 1. The number of methoxy groups -OCH3 is 1. The molecular formula is C9H8BrN3O2S. The summed E-state index contributed by atoms with van der Waals surface area (Å²) in [6.45, 7) is 0.279. The minimum atomic E-state index is -0.231. The van der Waals surface area contributed by atoms with E-state index in [1.165, 1.54) is 11.3 Å². The number of thiazole rings is 1. The second-order valence-corrected chi connectivity index (χ2v) is 4.49. The first kappa shape index (κ1) is 11.4. The maximum absolute atomic E-state index is 11.6. The quantitative estimate of drug-likeness (QED) is 0.939. The fourth-order valence-electron chi connectivity index (χ4n) is 1.19. The molecule has 0 saturated carbocycles. The van der Waals surface area contributed by atoms with Crippen LogP contribution in [0.1, 0.15) is 5.69 Å². The topological polar surface area (TPSA) is 67.9 Å². The molecular weight excluding hydrogens is 294 g/mol. The fraction of sp³-hybridized carbons (Fsp3) is 0.222. The largest absolute Gasteiger partial charge is 0.378 e. The third-order valence-electron chi connectivity index (χ3n) is 1.89. The van der Waals surface area contributed by atoms with Crippen molar-refractivity contribution < 1.29 is 4.74 Å². The number of nitrogens with one attached hydrogen (secondary N) is 1. The molecule has 0 fully saturated rings. The lowest BCUT2D eigenvalue weighted by Crippen LogP contribution is -2.14. The van der Waals surface area contributed by atoms with Gasteiger partial charge in [-0.05, 0) is 15.9 Å². The third kappa shape index (κ3) is 2.21. The molecule has 0 aliphatic carbocycles. The van der Waals surface area contributed by atoms with Crippen molar-refractivity contribution in [3.05, 3.63) is 31.4 Å². The lowest BCUT2D eigenvalue weighted by molar-refractivity contribution is 0.180. The van der Waals surface area contributed by atoms with E-state index in [4.69, 9.17) is 4.74 Å². The van der Waals surface area contributed by atoms with Crippen LogP contribution in [-0.4, -0.2) is 22.1 Å². The highest BCUT2D eigenvalue weighted by atomic mass is 79.9. The molecule has 0 bridgehead atoms. The Morgan fingerprint density at radius 2 is 2.44 bits per heavy atom. The van der Waals surface area contributed by atoms with Gasteiger partial charge in [0.05, 0.1) is 17.8 Å². The number of hydrogen-bond donors (Lipinski definition) is 1. The normalized spacial score (nSPS) is 10.6. The monoisotopic (exact) mass is 301 g/mol. The van der Waals surface area contributed by atoms with E-state index in [0.717, 1.165) is 0 Å². The van der Waals surface area contributed by atoms with Crippen LogP contribution in [0, 0.1) is 0 Å². The number of hydrogen-bond acceptors (Lipinski definition) is 5. The summed E-state index contributed by atoms with van der Waals surface area (Å²) in [5.74, 6) is 0.460. The minimum absolute atomic E-state index is 0.231. The number of nitrogens with zero attached hydrogens (tertiary/aromatic N) is 2. The zero-order valence-electron chi connectivity index (χ0n) is 8.36. The van der Waals surface area contributed by atoms with Crippen LogP contribution in [0.2, 0.25) is 0 Å². The standard InChI is InChI=1S/C9H8BrN3O2S/c1-15-2-5-7(10)9(14)13-8(12-5)6-3-16-4-11-6/h3-4H,2H2,1H3,(H,12,13,14). The Kier molecular flexibility index (Phi) is 3.47. The highest BCUT2D eigenvalue weighted by molar-refractivity contribution is 9.10. The first-order valence-electron chi connectivity index (χ1n) is 4.38. The molecule has 1 N–H and O–H groups in total. The SMILES string of the molecule is COCc1nc(-c2cscn2)[nH]c(=O)c1Br. The Morgan fingerprint density at radius 1 is 1.62 bits per heavy atom. The van der Waals surface area contributed by atoms with Crippen LogP contribution in [0.3, 0.4) is 0 Å². The van der Waals surface area contributed by atoms with Crippen LogP contribution in [-0.2, 0) is 11.3 Å². The molecule has 2 heterocycles. The number of halogens is 1. The number of rotatable bonds is 3. The predicted octanol–water partition coefficient (Wildman–Crippen LogP) is 1.80. The average Bonchev–Trinajstić information content (AvgIpc) is 2.78. The zero-order valence-corrected chi connectivity index (χ0v) is 10.8. The number of aromatic nitrogens is 3. The summed E-state index contributed by atoms with van der Waals surface area (Å²) in [5, 5.41) is 1.82. The Morgan fingerprint density at radius 3 is 3.06 bits per heavy atom. The smallest absolute Gasteiger partial charge is 0.265 e. The van der Waals surface area contributed by atoms with Gasteiger partial charge in [0.1, 0.15) is 10.2 Å². The summed E-state index contributed by atoms with van der Waals surface area (Å²) in [5.41, 5.74) is 2.68. The molecule has 0 saturated heterocycles. The number of H-pyrrole nitrogens is 1. The maximum atomic E-state index is 11.6. The Bertz CT molecular complexity index is 538. The van der Waals surface area contributed by atoms with Crippen molar-refractivity contribution >= 4 is 27.3 Å². The van der Waals surface area contributed by atoms with Crippen molar-refractivity contribution in [2.75, 3.05) is 7.11 Å². The van der Waals surface area contributed by atoms with E-state index in [1.54, 1.807) is 12.6 Å². The van der Waals surface area contributed by atoms with E-state index in [0.29, 0.717) is 21.7 Å². The van der Waals surface area contributed by atoms with Gasteiger partial charge in [-0.3, -0.25) is 4.79 Å². The van der Waals surface area contributed by atoms with E-state index in [-0.39, 0.29) is 12.2 Å². The zero-order chi connectivity index (χ0) is 11.5. The Balaban J connectivity index is 2.53. The Labute approximate surface area is 104 Å². The van der Waals surface area contributed by atoms with Crippen molar-refractivity contribution in [3.63, 3.8) is 0 Å². The van der Waals surface area contributed by atoms with Gasteiger partial charge in [0.25, 0.3) is 5.56 Å². The van der Waals surface area contributed by atoms with Crippen LogP contribution in [0.15, 0.2) is 20.2 Å². The van der Waals surface area contributed by atoms with Crippen LogP contribution < -0.4 is 5.56 Å². The lowest BCUT2D eigenvalue weighted by atomic mass is 10.4. The van der Waals surface area contributed by atoms with E-state index in [9.17, 15) is 4.79 Å². The van der Waals surface area contributed by atoms with Gasteiger partial charge in [0.15, 0.2) is 5.82 Å². The van der Waals surface area contributed by atoms with Gasteiger partial charge in [-0.1, -0.05) is 0 Å². The van der Waals surface area contributed by atoms with Gasteiger partial charge in [0, 0.05) is 12.5 Å². The van der Waals surface area contributed by atoms with Crippen molar-refractivity contribution in [2.45, 2.75) is 6.61 Å². The lowest BCUT2D eigenvalue weighted by Gasteiger charge is -2.03. The number of aromatic amines is 1. The van der Waals surface area contributed by atoms with Crippen LogP contribution >= 0.6 is 27.3 Å². The Hall–Kier alpha value is -1.05. The van der Waals surface area contributed by atoms with Gasteiger partial charge >= 0.3 is 0 Å². The molecule has 0 amide bonds. The summed E-state index contributed by atoms with van der Waals surface area (Å²) in [4.78, 5) is 22.6. The molecule has 2 aromatic rings. The first-order chi connectivity index (χ1) is 7.72. The molecule has 0 aliphatic heterocycles. The van der Waals surface area contributed by atoms with Crippen molar-refractivity contribution in [1.82, 2.24) is 15.0 Å². The van der Waals surface area contributed by atoms with Crippen LogP contribution in [0.5, 0.6) is 0 Å². The molecule has 0 spiro atoms. The van der Waals surface area contributed by atoms with Crippen LogP contribution in [0.4, 0.5) is 0 Å². The highest BCUT2D eigenvalue weighted by Crippen LogP contribution is 2.17. The summed E-state index contributed by atoms with van der Waals surface area (Å²) >= 11 is 4.62. The van der Waals surface area contributed by atoms with Crippen molar-refractivity contribution in [1.29, 1.82) is 0 Å². The molecule has 2 rings (SSSR count).